The minimum Gasteiger partial charge on any atom is -0.329 e. The molecule has 2 aromatic rings. The Morgan fingerprint density at radius 1 is 1.27 bits per heavy atom. The van der Waals surface area contributed by atoms with Crippen LogP contribution in [0.25, 0.3) is 0 Å². The van der Waals surface area contributed by atoms with E-state index in [4.69, 9.17) is 23.2 Å². The molecular formula is C18H21Cl2N3O2S. The second kappa shape index (κ2) is 9.35. The highest BCUT2D eigenvalue weighted by atomic mass is 35.5. The van der Waals surface area contributed by atoms with Crippen molar-refractivity contribution in [1.82, 2.24) is 9.88 Å². The normalized spacial score (nSPS) is 10.8. The summed E-state index contributed by atoms with van der Waals surface area (Å²) < 4.78 is 0. The van der Waals surface area contributed by atoms with Crippen LogP contribution >= 0.6 is 34.5 Å². The maximum absolute atomic E-state index is 12.8. The molecule has 140 valence electrons. The number of aryl methyl sites for hydroxylation is 1. The fourth-order valence-electron chi connectivity index (χ4n) is 2.22. The monoisotopic (exact) mass is 413 g/mol. The predicted molar refractivity (Wildman–Crippen MR) is 107 cm³/mol. The van der Waals surface area contributed by atoms with E-state index in [2.05, 4.69) is 24.1 Å². The molecule has 0 aliphatic heterocycles. The van der Waals surface area contributed by atoms with Crippen molar-refractivity contribution in [2.24, 2.45) is 5.92 Å². The molecule has 1 aromatic heterocycles. The van der Waals surface area contributed by atoms with Crippen LogP contribution in [0.4, 0.5) is 5.13 Å². The molecule has 5 nitrogen and oxygen atoms in total. The first-order valence-electron chi connectivity index (χ1n) is 8.23. The predicted octanol–water partition coefficient (Wildman–Crippen LogP) is 4.89. The Hall–Kier alpha value is -1.63. The highest BCUT2D eigenvalue weighted by molar-refractivity contribution is 7.15. The topological polar surface area (TPSA) is 62.3 Å². The van der Waals surface area contributed by atoms with Gasteiger partial charge in [0.1, 0.15) is 6.54 Å². The summed E-state index contributed by atoms with van der Waals surface area (Å²) >= 11 is 13.3. The Bertz CT molecular complexity index is 792. The fraction of sp³-hybridized carbons (Fsp3) is 0.389. The molecule has 0 fully saturated rings. The fourth-order valence-corrected chi connectivity index (χ4v) is 3.20. The van der Waals surface area contributed by atoms with Gasteiger partial charge in [0.25, 0.3) is 5.91 Å². The van der Waals surface area contributed by atoms with E-state index < -0.39 is 0 Å². The summed E-state index contributed by atoms with van der Waals surface area (Å²) in [5, 5.41) is 3.95. The Morgan fingerprint density at radius 3 is 2.58 bits per heavy atom. The SMILES string of the molecule is Cc1cnc(NC(=O)CN(CCC(C)C)C(=O)c2ccc(Cl)c(Cl)c2)s1. The van der Waals surface area contributed by atoms with Gasteiger partial charge in [-0.1, -0.05) is 37.0 Å². The Kier molecular flexibility index (Phi) is 7.43. The Balaban J connectivity index is 2.12. The first-order valence-corrected chi connectivity index (χ1v) is 9.80. The summed E-state index contributed by atoms with van der Waals surface area (Å²) in [6.07, 6.45) is 2.48. The molecule has 0 saturated heterocycles. The van der Waals surface area contributed by atoms with E-state index in [-0.39, 0.29) is 18.4 Å². The van der Waals surface area contributed by atoms with Gasteiger partial charge >= 0.3 is 0 Å². The van der Waals surface area contributed by atoms with Gasteiger partial charge in [0, 0.05) is 23.2 Å². The van der Waals surface area contributed by atoms with Gasteiger partial charge < -0.3 is 10.2 Å². The van der Waals surface area contributed by atoms with E-state index in [0.29, 0.717) is 33.2 Å². The Labute approximate surface area is 167 Å². The van der Waals surface area contributed by atoms with Gasteiger partial charge in [-0.3, -0.25) is 9.59 Å². The molecule has 2 rings (SSSR count). The molecule has 0 bridgehead atoms. The van der Waals surface area contributed by atoms with Crippen molar-refractivity contribution in [3.05, 3.63) is 44.9 Å². The zero-order valence-electron chi connectivity index (χ0n) is 14.9. The van der Waals surface area contributed by atoms with Crippen molar-refractivity contribution in [2.45, 2.75) is 27.2 Å². The summed E-state index contributed by atoms with van der Waals surface area (Å²) in [5.74, 6) is -0.130. The van der Waals surface area contributed by atoms with Crippen LogP contribution in [0.2, 0.25) is 10.0 Å². The molecule has 0 aliphatic rings. The van der Waals surface area contributed by atoms with Crippen LogP contribution in [0.1, 0.15) is 35.5 Å². The van der Waals surface area contributed by atoms with Crippen molar-refractivity contribution in [3.63, 3.8) is 0 Å². The van der Waals surface area contributed by atoms with Crippen LogP contribution in [0.15, 0.2) is 24.4 Å². The first kappa shape index (κ1) is 20.7. The molecule has 2 amide bonds. The number of benzene rings is 1. The van der Waals surface area contributed by atoms with Crippen molar-refractivity contribution in [2.75, 3.05) is 18.4 Å². The number of nitrogens with one attached hydrogen (secondary N) is 1. The highest BCUT2D eigenvalue weighted by Gasteiger charge is 2.20. The maximum atomic E-state index is 12.8. The molecule has 0 atom stereocenters. The van der Waals surface area contributed by atoms with E-state index in [9.17, 15) is 9.59 Å². The molecule has 26 heavy (non-hydrogen) atoms. The van der Waals surface area contributed by atoms with E-state index >= 15 is 0 Å². The molecule has 0 unspecified atom stereocenters. The van der Waals surface area contributed by atoms with Gasteiger partial charge in [-0.25, -0.2) is 4.98 Å². The maximum Gasteiger partial charge on any atom is 0.254 e. The van der Waals surface area contributed by atoms with Gasteiger partial charge in [-0.2, -0.15) is 0 Å². The van der Waals surface area contributed by atoms with Crippen molar-refractivity contribution in [3.8, 4) is 0 Å². The molecule has 1 aromatic carbocycles. The lowest BCUT2D eigenvalue weighted by molar-refractivity contribution is -0.116. The quantitative estimate of drug-likeness (QED) is 0.702. The van der Waals surface area contributed by atoms with Crippen molar-refractivity contribution in [1.29, 1.82) is 0 Å². The molecular weight excluding hydrogens is 393 g/mol. The van der Waals surface area contributed by atoms with Crippen LogP contribution in [-0.2, 0) is 4.79 Å². The van der Waals surface area contributed by atoms with Crippen molar-refractivity contribution >= 4 is 51.5 Å². The molecule has 0 spiro atoms. The van der Waals surface area contributed by atoms with Gasteiger partial charge in [0.15, 0.2) is 5.13 Å². The average molecular weight is 414 g/mol. The smallest absolute Gasteiger partial charge is 0.254 e. The van der Waals surface area contributed by atoms with E-state index in [1.807, 2.05) is 6.92 Å². The van der Waals surface area contributed by atoms with E-state index in [1.165, 1.54) is 22.3 Å². The zero-order chi connectivity index (χ0) is 19.3. The lowest BCUT2D eigenvalue weighted by Crippen LogP contribution is -2.39. The van der Waals surface area contributed by atoms with Crippen LogP contribution in [0.3, 0.4) is 0 Å². The third kappa shape index (κ3) is 5.97. The number of anilines is 1. The highest BCUT2D eigenvalue weighted by Crippen LogP contribution is 2.23. The molecule has 1 heterocycles. The van der Waals surface area contributed by atoms with E-state index in [1.54, 1.807) is 18.3 Å². The minimum atomic E-state index is -0.281. The molecule has 0 radical (unpaired) electrons. The third-order valence-electron chi connectivity index (χ3n) is 3.63. The number of thiazole rings is 1. The van der Waals surface area contributed by atoms with Crippen molar-refractivity contribution < 1.29 is 9.59 Å². The summed E-state index contributed by atoms with van der Waals surface area (Å²) in [7, 11) is 0. The average Bonchev–Trinajstić information content (AvgIpc) is 2.98. The number of rotatable bonds is 7. The number of carbonyl (C=O) groups excluding carboxylic acids is 2. The van der Waals surface area contributed by atoms with Crippen LogP contribution < -0.4 is 5.32 Å². The zero-order valence-corrected chi connectivity index (χ0v) is 17.2. The van der Waals surface area contributed by atoms with Crippen LogP contribution in [-0.4, -0.2) is 34.8 Å². The summed E-state index contributed by atoms with van der Waals surface area (Å²) in [6.45, 7) is 6.47. The number of halogens is 2. The Morgan fingerprint density at radius 2 is 2.00 bits per heavy atom. The number of carbonyl (C=O) groups is 2. The largest absolute Gasteiger partial charge is 0.329 e. The first-order chi connectivity index (χ1) is 12.3. The van der Waals surface area contributed by atoms with Gasteiger partial charge in [-0.15, -0.1) is 11.3 Å². The summed E-state index contributed by atoms with van der Waals surface area (Å²) in [4.78, 5) is 31.8. The van der Waals surface area contributed by atoms with Gasteiger partial charge in [0.2, 0.25) is 5.91 Å². The number of aromatic nitrogens is 1. The lowest BCUT2D eigenvalue weighted by Gasteiger charge is -2.23. The summed E-state index contributed by atoms with van der Waals surface area (Å²) in [5.41, 5.74) is 0.404. The molecule has 8 heteroatoms. The van der Waals surface area contributed by atoms with Crippen LogP contribution in [0.5, 0.6) is 0 Å². The molecule has 0 saturated carbocycles. The lowest BCUT2D eigenvalue weighted by atomic mass is 10.1. The van der Waals surface area contributed by atoms with Gasteiger partial charge in [0.05, 0.1) is 10.0 Å². The summed E-state index contributed by atoms with van der Waals surface area (Å²) in [6, 6.07) is 4.72. The third-order valence-corrected chi connectivity index (χ3v) is 5.20. The minimum absolute atomic E-state index is 0.0512. The second-order valence-corrected chi connectivity index (χ2v) is 8.41. The van der Waals surface area contributed by atoms with Crippen LogP contribution in [0, 0.1) is 12.8 Å². The molecule has 0 aliphatic carbocycles. The van der Waals surface area contributed by atoms with Gasteiger partial charge in [-0.05, 0) is 37.5 Å². The number of nitrogens with zero attached hydrogens (tertiary/aromatic N) is 2. The van der Waals surface area contributed by atoms with E-state index in [0.717, 1.165) is 11.3 Å². The second-order valence-electron chi connectivity index (χ2n) is 6.36. The number of hydrogen-bond donors (Lipinski definition) is 1. The number of amides is 2. The standard InChI is InChI=1S/C18H21Cl2N3O2S/c1-11(2)6-7-23(10-16(24)22-18-21-9-12(3)26-18)17(25)13-4-5-14(19)15(20)8-13/h4-5,8-9,11H,6-7,10H2,1-3H3,(H,21,22,24). The molecule has 1 N–H and O–H groups in total. The number of hydrogen-bond acceptors (Lipinski definition) is 4.